The van der Waals surface area contributed by atoms with Gasteiger partial charge in [-0.25, -0.2) is 12.7 Å². The number of aromatic nitrogens is 1. The Morgan fingerprint density at radius 3 is 2.52 bits per heavy atom. The van der Waals surface area contributed by atoms with Gasteiger partial charge in [-0.1, -0.05) is 18.2 Å². The van der Waals surface area contributed by atoms with Gasteiger partial charge in [-0.2, -0.15) is 0 Å². The lowest BCUT2D eigenvalue weighted by molar-refractivity contribution is 0.0864. The van der Waals surface area contributed by atoms with Crippen molar-refractivity contribution in [1.82, 2.24) is 8.87 Å². The lowest BCUT2D eigenvalue weighted by Gasteiger charge is -2.13. The topological polar surface area (TPSA) is 88.5 Å². The van der Waals surface area contributed by atoms with Crippen molar-refractivity contribution in [2.24, 2.45) is 0 Å². The number of nitrogens with zero attached hydrogens (tertiary/aromatic N) is 2. The van der Waals surface area contributed by atoms with Crippen LogP contribution in [0.15, 0.2) is 65.6 Å². The smallest absolute Gasteiger partial charge is 0.269 e. The van der Waals surface area contributed by atoms with Crippen LogP contribution in [0.3, 0.4) is 0 Å². The molecule has 6 rings (SSSR count). The minimum absolute atomic E-state index is 0.0893. The molecular weight excluding hydrogens is 438 g/mol. The molecule has 1 aromatic heterocycles. The summed E-state index contributed by atoms with van der Waals surface area (Å²) in [5.74, 6) is -0.930. The lowest BCUT2D eigenvalue weighted by atomic mass is 10.1. The van der Waals surface area contributed by atoms with Crippen LogP contribution >= 0.6 is 0 Å². The first-order chi connectivity index (χ1) is 15.9. The van der Waals surface area contributed by atoms with E-state index < -0.39 is 21.8 Å². The fourth-order valence-corrected chi connectivity index (χ4v) is 6.58. The number of carbonyl (C=O) groups excluding carboxylic acids is 2. The van der Waals surface area contributed by atoms with E-state index in [1.807, 2.05) is 30.3 Å². The van der Waals surface area contributed by atoms with Crippen LogP contribution in [0.25, 0.3) is 21.8 Å². The highest BCUT2D eigenvalue weighted by molar-refractivity contribution is 7.90. The van der Waals surface area contributed by atoms with Crippen LogP contribution in [0.1, 0.15) is 40.5 Å². The van der Waals surface area contributed by atoms with Crippen LogP contribution in [0.4, 0.5) is 5.69 Å². The molecule has 0 bridgehead atoms. The summed E-state index contributed by atoms with van der Waals surface area (Å²) in [5.41, 5.74) is 3.16. The highest BCUT2D eigenvalue weighted by Crippen LogP contribution is 2.40. The molecule has 0 atom stereocenters. The quantitative estimate of drug-likeness (QED) is 0.491. The molecule has 0 spiro atoms. The average molecular weight is 460 g/mol. The number of sulfonamides is 1. The summed E-state index contributed by atoms with van der Waals surface area (Å²) in [6.45, 7) is 2.93. The number of anilines is 1. The zero-order valence-corrected chi connectivity index (χ0v) is 18.7. The molecular formula is C25H21N3O4S. The summed E-state index contributed by atoms with van der Waals surface area (Å²) in [6, 6.07) is 17.9. The van der Waals surface area contributed by atoms with Crippen LogP contribution in [0.2, 0.25) is 0 Å². The number of nitrogens with one attached hydrogen (secondary N) is 1. The largest absolute Gasteiger partial charge is 0.341 e. The number of amides is 2. The molecule has 4 aromatic rings. The highest BCUT2D eigenvalue weighted by atomic mass is 32.2. The van der Waals surface area contributed by atoms with Crippen LogP contribution in [0.5, 0.6) is 0 Å². The second-order valence-electron chi connectivity index (χ2n) is 8.50. The third-order valence-corrected chi connectivity index (χ3v) is 8.31. The Morgan fingerprint density at radius 1 is 1.00 bits per heavy atom. The number of fused-ring (bicyclic) bond motifs is 4. The molecule has 0 saturated heterocycles. The van der Waals surface area contributed by atoms with Gasteiger partial charge in [0.05, 0.1) is 5.56 Å². The summed E-state index contributed by atoms with van der Waals surface area (Å²) in [5, 5.41) is 5.02. The molecule has 33 heavy (non-hydrogen) atoms. The molecule has 0 unspecified atom stereocenters. The minimum atomic E-state index is -3.91. The van der Waals surface area contributed by atoms with E-state index in [9.17, 15) is 18.0 Å². The molecule has 1 fully saturated rings. The van der Waals surface area contributed by atoms with Gasteiger partial charge >= 0.3 is 0 Å². The molecule has 1 aliphatic heterocycles. The third kappa shape index (κ3) is 2.90. The molecule has 166 valence electrons. The van der Waals surface area contributed by atoms with Gasteiger partial charge in [0.1, 0.15) is 4.90 Å². The average Bonchev–Trinajstić information content (AvgIpc) is 3.55. The van der Waals surface area contributed by atoms with Gasteiger partial charge in [-0.05, 0) is 62.2 Å². The molecule has 1 N–H and O–H groups in total. The fraction of sp³-hybridized carbons (Fsp3) is 0.200. The lowest BCUT2D eigenvalue weighted by Crippen LogP contribution is -2.31. The van der Waals surface area contributed by atoms with Gasteiger partial charge in [0.15, 0.2) is 0 Å². The van der Waals surface area contributed by atoms with Crippen molar-refractivity contribution in [3.05, 3.63) is 71.8 Å². The zero-order chi connectivity index (χ0) is 22.9. The molecule has 0 radical (unpaired) electrons. The number of hydrogen-bond donors (Lipinski definition) is 1. The molecule has 2 aliphatic rings. The predicted octanol–water partition coefficient (Wildman–Crippen LogP) is 4.37. The number of benzene rings is 3. The maximum absolute atomic E-state index is 13.0. The monoisotopic (exact) mass is 459 g/mol. The summed E-state index contributed by atoms with van der Waals surface area (Å²) >= 11 is 0. The molecule has 7 nitrogen and oxygen atoms in total. The summed E-state index contributed by atoms with van der Waals surface area (Å²) in [4.78, 5) is 25.5. The molecule has 8 heteroatoms. The first-order valence-electron chi connectivity index (χ1n) is 11.0. The van der Waals surface area contributed by atoms with E-state index in [4.69, 9.17) is 0 Å². The Balaban J connectivity index is 1.35. The van der Waals surface area contributed by atoms with E-state index in [2.05, 4.69) is 28.9 Å². The molecule has 2 amide bonds. The normalized spacial score (nSPS) is 17.0. The van der Waals surface area contributed by atoms with Gasteiger partial charge in [-0.15, -0.1) is 0 Å². The van der Waals surface area contributed by atoms with Crippen molar-refractivity contribution in [3.63, 3.8) is 0 Å². The number of rotatable bonds is 4. The van der Waals surface area contributed by atoms with E-state index in [0.29, 0.717) is 18.5 Å². The third-order valence-electron chi connectivity index (χ3n) is 6.44. The summed E-state index contributed by atoms with van der Waals surface area (Å²) in [7, 11) is -3.91. The van der Waals surface area contributed by atoms with E-state index in [0.717, 1.165) is 32.7 Å². The van der Waals surface area contributed by atoms with E-state index in [-0.39, 0.29) is 22.1 Å². The Hall–Kier alpha value is -3.65. The summed E-state index contributed by atoms with van der Waals surface area (Å²) < 4.78 is 29.0. The van der Waals surface area contributed by atoms with Crippen molar-refractivity contribution >= 4 is 49.3 Å². The Labute approximate surface area is 190 Å². The number of aryl methyl sites for hydroxylation is 1. The zero-order valence-electron chi connectivity index (χ0n) is 17.9. The number of para-hydroxylation sites is 1. The van der Waals surface area contributed by atoms with Gasteiger partial charge in [0.2, 0.25) is 0 Å². The van der Waals surface area contributed by atoms with E-state index in [1.165, 1.54) is 18.2 Å². The fourth-order valence-electron chi connectivity index (χ4n) is 4.73. The Bertz CT molecular complexity index is 1600. The van der Waals surface area contributed by atoms with Crippen LogP contribution in [0, 0.1) is 0 Å². The molecule has 1 aliphatic carbocycles. The van der Waals surface area contributed by atoms with Gasteiger partial charge in [-0.3, -0.25) is 9.59 Å². The Morgan fingerprint density at radius 2 is 1.76 bits per heavy atom. The standard InChI is InChI=1S/C25H21N3O4S/c1-2-27-21-6-4-3-5-18(21)20-14-16(8-12-22(20)27)26-24(29)15-7-11-19-23(13-15)33(31,32)28(25(19)30)17-9-10-17/h3-8,11-14,17H,2,9-10H2,1H3,(H,26,29). The van der Waals surface area contributed by atoms with Crippen LogP contribution < -0.4 is 5.32 Å². The minimum Gasteiger partial charge on any atom is -0.341 e. The Kier molecular flexibility index (Phi) is 4.19. The predicted molar refractivity (Wildman–Crippen MR) is 126 cm³/mol. The van der Waals surface area contributed by atoms with Gasteiger partial charge < -0.3 is 9.88 Å². The van der Waals surface area contributed by atoms with Crippen LogP contribution in [-0.2, 0) is 16.6 Å². The van der Waals surface area contributed by atoms with Crippen molar-refractivity contribution < 1.29 is 18.0 Å². The van der Waals surface area contributed by atoms with Gasteiger partial charge in [0, 0.05) is 45.6 Å². The van der Waals surface area contributed by atoms with Crippen molar-refractivity contribution in [2.45, 2.75) is 37.2 Å². The number of hydrogen-bond acceptors (Lipinski definition) is 4. The van der Waals surface area contributed by atoms with Gasteiger partial charge in [0.25, 0.3) is 21.8 Å². The first kappa shape index (κ1) is 20.0. The SMILES string of the molecule is CCn1c2ccccc2c2cc(NC(=O)c3ccc4c(c3)S(=O)(=O)N(C3CC3)C4=O)ccc21. The van der Waals surface area contributed by atoms with Crippen molar-refractivity contribution in [2.75, 3.05) is 5.32 Å². The molecule has 2 heterocycles. The molecule has 3 aromatic carbocycles. The second-order valence-corrected chi connectivity index (χ2v) is 10.3. The maximum atomic E-state index is 13.0. The number of carbonyl (C=O) groups is 2. The van der Waals surface area contributed by atoms with Crippen LogP contribution in [-0.4, -0.2) is 35.1 Å². The maximum Gasteiger partial charge on any atom is 0.269 e. The summed E-state index contributed by atoms with van der Waals surface area (Å²) in [6.07, 6.45) is 1.37. The first-order valence-corrected chi connectivity index (χ1v) is 12.4. The van der Waals surface area contributed by atoms with E-state index >= 15 is 0 Å². The van der Waals surface area contributed by atoms with Crippen molar-refractivity contribution in [1.29, 1.82) is 0 Å². The highest BCUT2D eigenvalue weighted by Gasteiger charge is 2.48. The van der Waals surface area contributed by atoms with Crippen molar-refractivity contribution in [3.8, 4) is 0 Å². The molecule has 1 saturated carbocycles. The second kappa shape index (κ2) is 6.92. The van der Waals surface area contributed by atoms with E-state index in [1.54, 1.807) is 0 Å².